The van der Waals surface area contributed by atoms with E-state index in [1.54, 1.807) is 0 Å². The van der Waals surface area contributed by atoms with E-state index in [0.29, 0.717) is 5.92 Å². The summed E-state index contributed by atoms with van der Waals surface area (Å²) < 4.78 is 1.16. The van der Waals surface area contributed by atoms with Gasteiger partial charge in [0.25, 0.3) is 0 Å². The third-order valence-electron chi connectivity index (χ3n) is 3.64. The highest BCUT2D eigenvalue weighted by molar-refractivity contribution is 9.10. The number of hydrogen-bond acceptors (Lipinski definition) is 2. The van der Waals surface area contributed by atoms with Crippen LogP contribution in [-0.2, 0) is 0 Å². The van der Waals surface area contributed by atoms with E-state index in [4.69, 9.17) is 0 Å². The van der Waals surface area contributed by atoms with Gasteiger partial charge in [0.15, 0.2) is 0 Å². The summed E-state index contributed by atoms with van der Waals surface area (Å²) in [5, 5.41) is 3.61. The molecule has 1 N–H and O–H groups in total. The zero-order valence-electron chi connectivity index (χ0n) is 12.2. The fourth-order valence-electron chi connectivity index (χ4n) is 2.54. The van der Waals surface area contributed by atoms with E-state index >= 15 is 0 Å². The monoisotopic (exact) mass is 332 g/mol. The number of halogens is 1. The van der Waals surface area contributed by atoms with Crippen molar-refractivity contribution in [2.24, 2.45) is 0 Å². The molecule has 0 aliphatic carbocycles. The molecule has 1 aromatic carbocycles. The van der Waals surface area contributed by atoms with Crippen molar-refractivity contribution in [2.75, 3.05) is 6.54 Å². The molecule has 20 heavy (non-hydrogen) atoms. The maximum atomic E-state index is 4.11. The number of benzene rings is 1. The summed E-state index contributed by atoms with van der Waals surface area (Å²) in [7, 11) is 0. The van der Waals surface area contributed by atoms with Crippen LogP contribution in [0.5, 0.6) is 0 Å². The summed E-state index contributed by atoms with van der Waals surface area (Å²) in [6.07, 6.45) is 3.72. The molecule has 2 atom stereocenters. The topological polar surface area (TPSA) is 24.9 Å². The van der Waals surface area contributed by atoms with Crippen LogP contribution in [0.1, 0.15) is 42.5 Å². The average Bonchev–Trinajstić information content (AvgIpc) is 2.48. The van der Waals surface area contributed by atoms with Crippen molar-refractivity contribution in [3.63, 3.8) is 0 Å². The molecule has 2 rings (SSSR count). The molecule has 0 fully saturated rings. The summed E-state index contributed by atoms with van der Waals surface area (Å²) in [5.41, 5.74) is 3.91. The first-order valence-electron chi connectivity index (χ1n) is 7.02. The third kappa shape index (κ3) is 3.47. The van der Waals surface area contributed by atoms with Crippen molar-refractivity contribution in [3.8, 4) is 0 Å². The van der Waals surface area contributed by atoms with Gasteiger partial charge < -0.3 is 5.32 Å². The lowest BCUT2D eigenvalue weighted by Crippen LogP contribution is -2.26. The molecule has 106 valence electrons. The maximum Gasteiger partial charge on any atom is 0.0398 e. The maximum absolute atomic E-state index is 4.11. The van der Waals surface area contributed by atoms with Crippen LogP contribution in [0, 0.1) is 6.92 Å². The van der Waals surface area contributed by atoms with Gasteiger partial charge in [0, 0.05) is 28.8 Å². The predicted octanol–water partition coefficient (Wildman–Crippen LogP) is 4.61. The average molecular weight is 333 g/mol. The Morgan fingerprint density at radius 3 is 2.55 bits per heavy atom. The minimum absolute atomic E-state index is 0.289. The second kappa shape index (κ2) is 7.00. The summed E-state index contributed by atoms with van der Waals surface area (Å²) in [6.45, 7) is 7.49. The Labute approximate surface area is 129 Å². The van der Waals surface area contributed by atoms with E-state index in [-0.39, 0.29) is 6.04 Å². The Hall–Kier alpha value is -1.19. The molecular weight excluding hydrogens is 312 g/mol. The lowest BCUT2D eigenvalue weighted by atomic mass is 9.88. The number of likely N-dealkylation sites (N-methyl/N-ethyl adjacent to an activating group) is 1. The van der Waals surface area contributed by atoms with Crippen LogP contribution in [0.2, 0.25) is 0 Å². The van der Waals surface area contributed by atoms with Crippen LogP contribution >= 0.6 is 15.9 Å². The number of pyridine rings is 1. The zero-order valence-corrected chi connectivity index (χ0v) is 13.8. The van der Waals surface area contributed by atoms with Gasteiger partial charge in [0.1, 0.15) is 0 Å². The SMILES string of the molecule is CCNC(c1cc(C)ccc1Br)C(C)c1ccncc1. The molecule has 0 aliphatic rings. The molecule has 3 heteroatoms. The van der Waals surface area contributed by atoms with Gasteiger partial charge in [-0.3, -0.25) is 4.98 Å². The quantitative estimate of drug-likeness (QED) is 0.864. The molecule has 0 saturated heterocycles. The highest BCUT2D eigenvalue weighted by atomic mass is 79.9. The van der Waals surface area contributed by atoms with Gasteiger partial charge in [-0.15, -0.1) is 0 Å². The summed E-state index contributed by atoms with van der Waals surface area (Å²) in [4.78, 5) is 4.11. The van der Waals surface area contributed by atoms with E-state index in [0.717, 1.165) is 11.0 Å². The number of rotatable bonds is 5. The molecule has 2 unspecified atom stereocenters. The largest absolute Gasteiger partial charge is 0.310 e. The highest BCUT2D eigenvalue weighted by Crippen LogP contribution is 2.34. The number of nitrogens with zero attached hydrogens (tertiary/aromatic N) is 1. The first-order valence-corrected chi connectivity index (χ1v) is 7.82. The first kappa shape index (κ1) is 15.2. The van der Waals surface area contributed by atoms with Crippen LogP contribution in [0.4, 0.5) is 0 Å². The Morgan fingerprint density at radius 2 is 1.90 bits per heavy atom. The van der Waals surface area contributed by atoms with Crippen molar-refractivity contribution in [2.45, 2.75) is 32.7 Å². The second-order valence-corrected chi connectivity index (χ2v) is 5.98. The Kier molecular flexibility index (Phi) is 5.32. The molecule has 2 aromatic rings. The van der Waals surface area contributed by atoms with Gasteiger partial charge in [0.2, 0.25) is 0 Å². The highest BCUT2D eigenvalue weighted by Gasteiger charge is 2.22. The van der Waals surface area contributed by atoms with E-state index < -0.39 is 0 Å². The van der Waals surface area contributed by atoms with Crippen molar-refractivity contribution in [3.05, 3.63) is 63.9 Å². The third-order valence-corrected chi connectivity index (χ3v) is 4.36. The van der Waals surface area contributed by atoms with Crippen LogP contribution < -0.4 is 5.32 Å². The van der Waals surface area contributed by atoms with Crippen LogP contribution in [-0.4, -0.2) is 11.5 Å². The summed E-state index contributed by atoms with van der Waals surface area (Å²) >= 11 is 3.69. The van der Waals surface area contributed by atoms with E-state index in [1.807, 2.05) is 12.4 Å². The second-order valence-electron chi connectivity index (χ2n) is 5.13. The van der Waals surface area contributed by atoms with Crippen molar-refractivity contribution < 1.29 is 0 Å². The Bertz CT molecular complexity index is 554. The predicted molar refractivity (Wildman–Crippen MR) is 87.9 cm³/mol. The van der Waals surface area contributed by atoms with Crippen molar-refractivity contribution in [1.29, 1.82) is 0 Å². The molecule has 1 heterocycles. The lowest BCUT2D eigenvalue weighted by Gasteiger charge is -2.27. The van der Waals surface area contributed by atoms with Crippen molar-refractivity contribution >= 4 is 15.9 Å². The van der Waals surface area contributed by atoms with Crippen molar-refractivity contribution in [1.82, 2.24) is 10.3 Å². The molecule has 0 saturated carbocycles. The number of aromatic nitrogens is 1. The number of hydrogen-bond donors (Lipinski definition) is 1. The standard InChI is InChI=1S/C17H21BrN2/c1-4-20-17(13(3)14-7-9-19-10-8-14)15-11-12(2)5-6-16(15)18/h5-11,13,17,20H,4H2,1-3H3. The molecule has 0 amide bonds. The van der Waals surface area contributed by atoms with Gasteiger partial charge in [0.05, 0.1) is 0 Å². The van der Waals surface area contributed by atoms with Gasteiger partial charge >= 0.3 is 0 Å². The molecule has 0 aliphatic heterocycles. The summed E-state index contributed by atoms with van der Waals surface area (Å²) in [5.74, 6) is 0.385. The van der Waals surface area contributed by atoms with Gasteiger partial charge in [-0.25, -0.2) is 0 Å². The fourth-order valence-corrected chi connectivity index (χ4v) is 3.03. The summed E-state index contributed by atoms with van der Waals surface area (Å²) in [6, 6.07) is 11.0. The molecule has 0 radical (unpaired) electrons. The van der Waals surface area contributed by atoms with Crippen LogP contribution in [0.25, 0.3) is 0 Å². The first-order chi connectivity index (χ1) is 9.63. The van der Waals surface area contributed by atoms with E-state index in [2.05, 4.69) is 77.3 Å². The molecule has 0 bridgehead atoms. The van der Waals surface area contributed by atoms with Gasteiger partial charge in [-0.05, 0) is 42.8 Å². The minimum atomic E-state index is 0.289. The Balaban J connectivity index is 2.38. The number of nitrogens with one attached hydrogen (secondary N) is 1. The smallest absolute Gasteiger partial charge is 0.0398 e. The Morgan fingerprint density at radius 1 is 1.20 bits per heavy atom. The fraction of sp³-hybridized carbons (Fsp3) is 0.353. The van der Waals surface area contributed by atoms with E-state index in [9.17, 15) is 0 Å². The zero-order chi connectivity index (χ0) is 14.5. The van der Waals surface area contributed by atoms with Crippen LogP contribution in [0.3, 0.4) is 0 Å². The normalized spacial score (nSPS) is 14.0. The van der Waals surface area contributed by atoms with Crippen LogP contribution in [0.15, 0.2) is 47.2 Å². The van der Waals surface area contributed by atoms with E-state index in [1.165, 1.54) is 16.7 Å². The molecular formula is C17H21BrN2. The molecule has 2 nitrogen and oxygen atoms in total. The molecule has 0 spiro atoms. The van der Waals surface area contributed by atoms with Gasteiger partial charge in [-0.2, -0.15) is 0 Å². The minimum Gasteiger partial charge on any atom is -0.310 e. The van der Waals surface area contributed by atoms with Gasteiger partial charge in [-0.1, -0.05) is 47.5 Å². The lowest BCUT2D eigenvalue weighted by molar-refractivity contribution is 0.477. The number of aryl methyl sites for hydroxylation is 1. The molecule has 1 aromatic heterocycles.